The number of aliphatic hydroxyl groups is 16. The van der Waals surface area contributed by atoms with Gasteiger partial charge in [-0.3, -0.25) is 19.2 Å². The fraction of sp³-hybridized carbons (Fsp3) is 0.907. The Kier molecular flexibility index (Phi) is 52.4. The Hall–Kier alpha value is -4.48. The van der Waals surface area contributed by atoms with Gasteiger partial charge in [0.1, 0.15) is 110 Å². The lowest BCUT2D eigenvalue weighted by Gasteiger charge is -2.52. The molecule has 5 saturated heterocycles. The maximum Gasteiger partial charge on any atom is 0.364 e. The third-order valence-corrected chi connectivity index (χ3v) is 24.0. The molecule has 0 aromatic heterocycles. The summed E-state index contributed by atoms with van der Waals surface area (Å²) in [6, 6.07) is -6.82. The summed E-state index contributed by atoms with van der Waals surface area (Å²) in [6.07, 6.45) is -8.31. The van der Waals surface area contributed by atoms with Gasteiger partial charge in [0.2, 0.25) is 23.6 Å². The van der Waals surface area contributed by atoms with Gasteiger partial charge in [-0.15, -0.1) is 0 Å². The summed E-state index contributed by atoms with van der Waals surface area (Å²) in [7, 11) is 0. The van der Waals surface area contributed by atoms with Crippen LogP contribution in [0.15, 0.2) is 12.2 Å². The van der Waals surface area contributed by atoms with E-state index >= 15 is 0 Å². The number of hydrogen-bond donors (Lipinski definition) is 22. The van der Waals surface area contributed by atoms with Crippen LogP contribution in [0, 0.1) is 0 Å². The number of aliphatic hydroxyl groups excluding tert-OH is 16. The van der Waals surface area contributed by atoms with Gasteiger partial charge in [0.25, 0.3) is 11.6 Å². The minimum absolute atomic E-state index is 0.114. The van der Waals surface area contributed by atoms with Crippen molar-refractivity contribution in [3.63, 3.8) is 0 Å². The molecule has 5 aliphatic heterocycles. The van der Waals surface area contributed by atoms with Gasteiger partial charge < -0.3 is 161 Å². The molecule has 0 spiro atoms. The number of aliphatic carboxylic acids is 2. The van der Waals surface area contributed by atoms with Crippen molar-refractivity contribution >= 4 is 35.6 Å². The van der Waals surface area contributed by atoms with E-state index < -0.39 is 265 Å². The monoisotopic (exact) mass is 1790 g/mol. The normalized spacial score (nSPS) is 31.9. The number of carboxylic acids is 2. The number of rotatable bonds is 64. The van der Waals surface area contributed by atoms with Crippen molar-refractivity contribution in [1.82, 2.24) is 21.3 Å². The number of unbranched alkanes of at least 4 members (excludes halogenated alkanes) is 33. The Morgan fingerprint density at radius 2 is 0.839 bits per heavy atom. The first-order valence-electron chi connectivity index (χ1n) is 45.7. The molecule has 0 aromatic carbocycles. The van der Waals surface area contributed by atoms with Crippen LogP contribution in [0.5, 0.6) is 0 Å². The Bertz CT molecular complexity index is 3010. The quantitative estimate of drug-likeness (QED) is 0.0302. The molecule has 0 saturated carbocycles. The number of ether oxygens (including phenoxy) is 10. The van der Waals surface area contributed by atoms with Crippen LogP contribution in [-0.4, -0.2) is 344 Å². The van der Waals surface area contributed by atoms with Crippen LogP contribution < -0.4 is 21.3 Å². The predicted molar refractivity (Wildman–Crippen MR) is 444 cm³/mol. The minimum Gasteiger partial charge on any atom is -0.477 e. The average Bonchev–Trinajstić information content (AvgIpc) is 0.867. The van der Waals surface area contributed by atoms with E-state index in [1.807, 2.05) is 0 Å². The number of hydrogen-bond acceptors (Lipinski definition) is 32. The largest absolute Gasteiger partial charge is 0.477 e. The summed E-state index contributed by atoms with van der Waals surface area (Å²) >= 11 is 0. The molecule has 4 amide bonds. The van der Waals surface area contributed by atoms with Crippen molar-refractivity contribution in [1.29, 1.82) is 0 Å². The molecule has 38 heteroatoms. The second-order valence-corrected chi connectivity index (χ2v) is 34.3. The Balaban J connectivity index is 1.37. The summed E-state index contributed by atoms with van der Waals surface area (Å²) in [5, 5.41) is 213. The average molecular weight is 1790 g/mol. The standard InChI is InChI=1S/C86H154N4O34/c1-6-8-10-12-14-16-18-20-21-22-23-24-25-26-27-28-29-31-33-35-37-39-41-43-64(103)90-55(56(99)42-40-38-36-34-32-30-19-17-15-13-11-9-7-2)51-115-81-73(109)72(108)75(62(49-94)117-81)119-82-74(110)79(76(63(50-95)118-82)120-80-67(89-54(5)98)71(107)69(105)60(47-92)116-80)124-86(84(113)114)45-58(101)66(88-53(4)97)78(123-86)70(106)61(48-93)121-85(83(111)112)44-57(100)65(87-52(3)96)77(122-85)68(104)59(102)46-91/h40,42,55-63,65-82,91-95,99-102,104-110H,6-39,41,43-51H2,1-5H3,(H,87,96)(H,88,97)(H,89,98)(H,90,103)(H,111,112)(H,113,114)/b42-40+/t55-,56+,57-,58-,59+,60+,61+,62+,63+,65+,66+,67+,68+,69-,70+,71+,72+,73+,74+,75+,76-,77?,78?,79+,80-,81+,82-,85+,86-/m0/s1. The SMILES string of the molecule is CCCCCCCCCCCCC/C=C/[C@@H](O)[C@H](CO[C@@H]1O[C@H](CO)[C@@H](O[C@@H]2O[C@H](CO)[C@H](O[C@@H]3O[C@H](CO)[C@H](O)[C@H](O)[C@H]3NC(C)=O)[C@H](O[C@]3(C(=O)O)C[C@H](O)[C@@H](NC(C)=O)C([C@H](O)[C@@H](CO)O[C@]4(C(=O)O)C[C@H](O)[C@@H](NC(C)=O)C([C@H](O)[C@H](O)CO)O4)O3)[C@H]2O)[C@H](O)[C@H]1O)NC(=O)CCCCCCCCCCCCCCCCCCCCCCCCC. The molecule has 29 atom stereocenters. The summed E-state index contributed by atoms with van der Waals surface area (Å²) in [5.74, 6) is -14.6. The first-order valence-corrected chi connectivity index (χ1v) is 45.7. The highest BCUT2D eigenvalue weighted by atomic mass is 16.8. The van der Waals surface area contributed by atoms with Crippen LogP contribution in [-0.2, 0) is 76.1 Å². The van der Waals surface area contributed by atoms with Crippen LogP contribution in [0.4, 0.5) is 0 Å². The summed E-state index contributed by atoms with van der Waals surface area (Å²) in [6.45, 7) is 0.569. The molecular weight excluding hydrogens is 1630 g/mol. The minimum atomic E-state index is -3.59. The molecule has 124 heavy (non-hydrogen) atoms. The fourth-order valence-corrected chi connectivity index (χ4v) is 16.8. The molecule has 5 heterocycles. The molecule has 5 rings (SSSR count). The lowest BCUT2D eigenvalue weighted by atomic mass is 9.87. The van der Waals surface area contributed by atoms with E-state index in [0.29, 0.717) is 12.8 Å². The van der Waals surface area contributed by atoms with Gasteiger partial charge in [0.05, 0.1) is 76.1 Å². The first-order chi connectivity index (χ1) is 59.3. The molecule has 0 aromatic rings. The first kappa shape index (κ1) is 110. The maximum atomic E-state index is 14.2. The molecule has 5 fully saturated rings. The molecule has 722 valence electrons. The summed E-state index contributed by atoms with van der Waals surface area (Å²) in [4.78, 5) is 79.3. The van der Waals surface area contributed by atoms with Crippen molar-refractivity contribution in [2.45, 2.75) is 455 Å². The van der Waals surface area contributed by atoms with Gasteiger partial charge in [-0.1, -0.05) is 231 Å². The Morgan fingerprint density at radius 1 is 0.435 bits per heavy atom. The zero-order chi connectivity index (χ0) is 91.5. The van der Waals surface area contributed by atoms with Gasteiger partial charge in [-0.05, 0) is 19.3 Å². The summed E-state index contributed by atoms with van der Waals surface area (Å²) < 4.78 is 60.0. The number of carbonyl (C=O) groups excluding carboxylic acids is 4. The highest BCUT2D eigenvalue weighted by molar-refractivity contribution is 5.78. The highest BCUT2D eigenvalue weighted by Crippen LogP contribution is 2.43. The third kappa shape index (κ3) is 35.3. The summed E-state index contributed by atoms with van der Waals surface area (Å²) in [5.41, 5.74) is 0. The lowest BCUT2D eigenvalue weighted by molar-refractivity contribution is -0.402. The molecule has 5 aliphatic rings. The molecule has 22 N–H and O–H groups in total. The van der Waals surface area contributed by atoms with Gasteiger partial charge in [0.15, 0.2) is 18.9 Å². The Labute approximate surface area is 729 Å². The number of carbonyl (C=O) groups is 6. The second kappa shape index (κ2) is 59.0. The highest BCUT2D eigenvalue weighted by Gasteiger charge is 2.64. The van der Waals surface area contributed by atoms with E-state index in [0.717, 1.165) is 85.0 Å². The van der Waals surface area contributed by atoms with Gasteiger partial charge in [-0.25, -0.2) is 9.59 Å². The third-order valence-electron chi connectivity index (χ3n) is 24.0. The number of nitrogens with one attached hydrogen (secondary N) is 4. The van der Waals surface area contributed by atoms with Gasteiger partial charge >= 0.3 is 11.9 Å². The van der Waals surface area contributed by atoms with E-state index in [4.69, 9.17) is 47.4 Å². The smallest absolute Gasteiger partial charge is 0.364 e. The Morgan fingerprint density at radius 3 is 1.28 bits per heavy atom. The van der Waals surface area contributed by atoms with Crippen LogP contribution >= 0.6 is 0 Å². The molecule has 0 radical (unpaired) electrons. The maximum absolute atomic E-state index is 14.2. The second-order valence-electron chi connectivity index (χ2n) is 34.3. The van der Waals surface area contributed by atoms with E-state index in [1.54, 1.807) is 6.08 Å². The molecule has 0 bridgehead atoms. The van der Waals surface area contributed by atoms with Crippen LogP contribution in [0.25, 0.3) is 0 Å². The van der Waals surface area contributed by atoms with Crippen molar-refractivity contribution in [3.05, 3.63) is 12.2 Å². The number of carboxylic acid groups (broad SMARTS) is 2. The fourth-order valence-electron chi connectivity index (χ4n) is 16.8. The number of amides is 4. The molecule has 0 aliphatic carbocycles. The molecule has 38 nitrogen and oxygen atoms in total. The van der Waals surface area contributed by atoms with E-state index in [9.17, 15) is 121 Å². The predicted octanol–water partition coefficient (Wildman–Crippen LogP) is 1.43. The van der Waals surface area contributed by atoms with E-state index in [1.165, 1.54) is 154 Å². The van der Waals surface area contributed by atoms with Crippen molar-refractivity contribution in [2.75, 3.05) is 39.6 Å². The van der Waals surface area contributed by atoms with Crippen LogP contribution in [0.1, 0.15) is 279 Å². The van der Waals surface area contributed by atoms with Crippen LogP contribution in [0.2, 0.25) is 0 Å². The topological polar surface area (TPSA) is 607 Å². The van der Waals surface area contributed by atoms with Crippen molar-refractivity contribution < 1.29 is 168 Å². The molecule has 2 unspecified atom stereocenters. The van der Waals surface area contributed by atoms with Gasteiger partial charge in [0, 0.05) is 40.0 Å². The van der Waals surface area contributed by atoms with E-state index in [-0.39, 0.29) is 6.42 Å². The lowest BCUT2D eigenvalue weighted by Crippen LogP contribution is -2.72. The molecular formula is C86H154N4O34. The number of allylic oxidation sites excluding steroid dienone is 1. The zero-order valence-electron chi connectivity index (χ0n) is 73.4. The zero-order valence-corrected chi connectivity index (χ0v) is 73.4. The van der Waals surface area contributed by atoms with E-state index in [2.05, 4.69) is 35.1 Å². The van der Waals surface area contributed by atoms with Gasteiger partial charge in [-0.2, -0.15) is 0 Å². The van der Waals surface area contributed by atoms with Crippen molar-refractivity contribution in [3.8, 4) is 0 Å². The van der Waals surface area contributed by atoms with Crippen LogP contribution in [0.3, 0.4) is 0 Å². The van der Waals surface area contributed by atoms with Crippen molar-refractivity contribution in [2.24, 2.45) is 0 Å².